The Bertz CT molecular complexity index is 2240. The largest absolute Gasteiger partial charge is 0.442 e. The third-order valence-corrected chi connectivity index (χ3v) is 8.75. The highest BCUT2D eigenvalue weighted by molar-refractivity contribution is 6.08. The van der Waals surface area contributed by atoms with E-state index >= 15 is 4.79 Å². The maximum atomic E-state index is 15.1. The van der Waals surface area contributed by atoms with Gasteiger partial charge in [-0.1, -0.05) is 78.9 Å². The summed E-state index contributed by atoms with van der Waals surface area (Å²) in [5, 5.41) is 14.7. The van der Waals surface area contributed by atoms with Gasteiger partial charge in [0.25, 0.3) is 0 Å². The monoisotopic (exact) mass is 681 g/mol. The number of hydrogen-bond acceptors (Lipinski definition) is 7. The maximum absolute atomic E-state index is 15.1. The molecule has 0 N–H and O–H groups in total. The Morgan fingerprint density at radius 2 is 1.45 bits per heavy atom. The molecule has 258 valence electrons. The summed E-state index contributed by atoms with van der Waals surface area (Å²) in [6, 6.07) is 33.8. The van der Waals surface area contributed by atoms with Crippen molar-refractivity contribution in [3.05, 3.63) is 121 Å². The van der Waals surface area contributed by atoms with Crippen molar-refractivity contribution in [3.8, 4) is 17.1 Å². The third kappa shape index (κ3) is 6.38. The zero-order valence-electron chi connectivity index (χ0n) is 29.2. The Balaban J connectivity index is 1.38. The highest BCUT2D eigenvalue weighted by Crippen LogP contribution is 2.39. The predicted molar refractivity (Wildman–Crippen MR) is 196 cm³/mol. The number of ether oxygens (including phenoxy) is 1. The van der Waals surface area contributed by atoms with E-state index in [-0.39, 0.29) is 30.8 Å². The van der Waals surface area contributed by atoms with Crippen LogP contribution in [-0.2, 0) is 20.7 Å². The second-order valence-electron chi connectivity index (χ2n) is 13.8. The molecule has 0 aliphatic carbocycles. The predicted octanol–water partition coefficient (Wildman–Crippen LogP) is 7.18. The van der Waals surface area contributed by atoms with Crippen LogP contribution < -0.4 is 9.80 Å². The molecule has 7 rings (SSSR count). The van der Waals surface area contributed by atoms with Crippen LogP contribution in [-0.4, -0.2) is 60.6 Å². The number of anilines is 2. The van der Waals surface area contributed by atoms with Gasteiger partial charge in [-0.25, -0.2) is 4.79 Å². The van der Waals surface area contributed by atoms with E-state index < -0.39 is 17.6 Å². The minimum atomic E-state index is -0.926. The van der Waals surface area contributed by atoms with Gasteiger partial charge in [-0.05, 0) is 65.0 Å². The van der Waals surface area contributed by atoms with E-state index in [1.807, 2.05) is 122 Å². The summed E-state index contributed by atoms with van der Waals surface area (Å²) in [5.74, 6) is -0.542. The Morgan fingerprint density at radius 3 is 2.14 bits per heavy atom. The van der Waals surface area contributed by atoms with Crippen molar-refractivity contribution >= 4 is 40.2 Å². The van der Waals surface area contributed by atoms with Crippen LogP contribution in [0.15, 0.2) is 109 Å². The molecule has 0 bridgehead atoms. The first kappa shape index (κ1) is 33.4. The fraction of sp³-hybridized carbons (Fsp3) is 0.250. The van der Waals surface area contributed by atoms with E-state index in [1.165, 1.54) is 4.68 Å². The van der Waals surface area contributed by atoms with Gasteiger partial charge in [-0.15, -0.1) is 10.2 Å². The molecule has 2 aromatic heterocycles. The van der Waals surface area contributed by atoms with E-state index in [0.717, 1.165) is 11.3 Å². The summed E-state index contributed by atoms with van der Waals surface area (Å²) < 4.78 is 8.83. The second kappa shape index (κ2) is 13.3. The third-order valence-electron chi connectivity index (χ3n) is 8.75. The SMILES string of the molecule is CC(C)N(C(=O)CN1C(=O)C(Cc2nn(C(=O)OC(C)(C)C)c3ccccc23)c2nnc(-c3ccccc3)n2-c2ccccc21)c1ccccc1. The minimum Gasteiger partial charge on any atom is -0.442 e. The Labute approximate surface area is 296 Å². The van der Waals surface area contributed by atoms with Crippen molar-refractivity contribution in [1.29, 1.82) is 0 Å². The lowest BCUT2D eigenvalue weighted by Crippen LogP contribution is -2.47. The summed E-state index contributed by atoms with van der Waals surface area (Å²) in [4.78, 5) is 46.0. The smallest absolute Gasteiger partial charge is 0.435 e. The average Bonchev–Trinajstić information content (AvgIpc) is 3.69. The van der Waals surface area contributed by atoms with Crippen molar-refractivity contribution in [2.24, 2.45) is 0 Å². The molecule has 0 fully saturated rings. The Kier molecular flexibility index (Phi) is 8.72. The van der Waals surface area contributed by atoms with Gasteiger partial charge >= 0.3 is 6.09 Å². The van der Waals surface area contributed by atoms with Crippen molar-refractivity contribution < 1.29 is 19.1 Å². The highest BCUT2D eigenvalue weighted by atomic mass is 16.6. The Morgan fingerprint density at radius 1 is 0.824 bits per heavy atom. The summed E-state index contributed by atoms with van der Waals surface area (Å²) in [6.07, 6.45) is -0.547. The van der Waals surface area contributed by atoms with E-state index in [9.17, 15) is 9.59 Å². The van der Waals surface area contributed by atoms with Gasteiger partial charge in [-0.3, -0.25) is 14.2 Å². The van der Waals surface area contributed by atoms with Crippen molar-refractivity contribution in [3.63, 3.8) is 0 Å². The molecule has 1 aliphatic heterocycles. The summed E-state index contributed by atoms with van der Waals surface area (Å²) >= 11 is 0. The number of rotatable bonds is 7. The average molecular weight is 682 g/mol. The molecule has 1 atom stereocenters. The summed E-state index contributed by atoms with van der Waals surface area (Å²) in [7, 11) is 0. The quantitative estimate of drug-likeness (QED) is 0.175. The van der Waals surface area contributed by atoms with Crippen molar-refractivity contribution in [2.75, 3.05) is 16.3 Å². The van der Waals surface area contributed by atoms with Crippen LogP contribution in [0.25, 0.3) is 28.0 Å². The number of amides is 2. The first-order valence-corrected chi connectivity index (χ1v) is 17.0. The fourth-order valence-electron chi connectivity index (χ4n) is 6.62. The molecule has 0 spiro atoms. The summed E-state index contributed by atoms with van der Waals surface area (Å²) in [5.41, 5.74) is 3.10. The van der Waals surface area contributed by atoms with Gasteiger partial charge in [0.05, 0.1) is 22.6 Å². The van der Waals surface area contributed by atoms with Gasteiger partial charge in [0.2, 0.25) is 11.8 Å². The van der Waals surface area contributed by atoms with E-state index in [2.05, 4.69) is 10.2 Å². The number of nitrogens with zero attached hydrogens (tertiary/aromatic N) is 7. The molecule has 0 saturated carbocycles. The zero-order valence-corrected chi connectivity index (χ0v) is 29.2. The normalized spacial score (nSPS) is 14.3. The van der Waals surface area contributed by atoms with Gasteiger partial charge in [0.1, 0.15) is 18.1 Å². The molecular formula is C40H39N7O4. The number of hydrogen-bond donors (Lipinski definition) is 0. The van der Waals surface area contributed by atoms with Crippen LogP contribution in [0.5, 0.6) is 0 Å². The van der Waals surface area contributed by atoms with Gasteiger partial charge < -0.3 is 14.5 Å². The zero-order chi connectivity index (χ0) is 35.9. The van der Waals surface area contributed by atoms with Crippen molar-refractivity contribution in [1.82, 2.24) is 24.5 Å². The Hall–Kier alpha value is -6.10. The van der Waals surface area contributed by atoms with E-state index in [1.54, 1.807) is 36.6 Å². The fourth-order valence-corrected chi connectivity index (χ4v) is 6.62. The number of fused-ring (bicyclic) bond motifs is 4. The molecule has 1 unspecified atom stereocenters. The molecule has 0 saturated heterocycles. The number of benzene rings is 4. The molecule has 4 aromatic carbocycles. The molecule has 6 aromatic rings. The van der Waals surface area contributed by atoms with Gasteiger partial charge in [-0.2, -0.15) is 9.78 Å². The standard InChI is InChI=1S/C40H39N7O4/c1-26(2)45(28-18-10-7-11-19-28)35(48)25-44-33-22-14-15-23-34(33)46-36(27-16-8-6-9-17-27)41-42-37(46)30(38(44)49)24-31-29-20-12-13-21-32(29)47(43-31)39(50)51-40(3,4)5/h6-23,26,30H,24-25H2,1-5H3. The second-order valence-corrected chi connectivity index (χ2v) is 13.8. The maximum Gasteiger partial charge on any atom is 0.435 e. The molecule has 3 heterocycles. The van der Waals surface area contributed by atoms with Gasteiger partial charge in [0.15, 0.2) is 11.6 Å². The summed E-state index contributed by atoms with van der Waals surface area (Å²) in [6.45, 7) is 9.07. The topological polar surface area (TPSA) is 115 Å². The van der Waals surface area contributed by atoms with Crippen LogP contribution in [0.2, 0.25) is 0 Å². The molecular weight excluding hydrogens is 642 g/mol. The lowest BCUT2D eigenvalue weighted by atomic mass is 9.98. The first-order valence-electron chi connectivity index (χ1n) is 17.0. The lowest BCUT2D eigenvalue weighted by Gasteiger charge is -2.31. The van der Waals surface area contributed by atoms with Gasteiger partial charge in [0, 0.05) is 29.1 Å². The molecule has 11 heteroatoms. The molecule has 0 radical (unpaired) electrons. The number of carbonyl (C=O) groups excluding carboxylic acids is 3. The molecule has 51 heavy (non-hydrogen) atoms. The van der Waals surface area contributed by atoms with E-state index in [4.69, 9.17) is 9.84 Å². The van der Waals surface area contributed by atoms with Crippen LogP contribution in [0.3, 0.4) is 0 Å². The van der Waals surface area contributed by atoms with E-state index in [0.29, 0.717) is 39.6 Å². The molecule has 2 amide bonds. The number of para-hydroxylation sites is 4. The lowest BCUT2D eigenvalue weighted by molar-refractivity contribution is -0.123. The molecule has 11 nitrogen and oxygen atoms in total. The van der Waals surface area contributed by atoms with Crippen LogP contribution in [0.1, 0.15) is 52.1 Å². The van der Waals surface area contributed by atoms with Crippen LogP contribution in [0, 0.1) is 0 Å². The number of carbonyl (C=O) groups is 3. The van der Waals surface area contributed by atoms with Crippen molar-refractivity contribution in [2.45, 2.75) is 58.6 Å². The highest BCUT2D eigenvalue weighted by Gasteiger charge is 2.40. The molecule has 1 aliphatic rings. The minimum absolute atomic E-state index is 0.0767. The first-order chi connectivity index (χ1) is 24.5. The van der Waals surface area contributed by atoms with Crippen LogP contribution >= 0.6 is 0 Å². The van der Waals surface area contributed by atoms with Crippen LogP contribution in [0.4, 0.5) is 16.2 Å². The number of aromatic nitrogens is 5.